The summed E-state index contributed by atoms with van der Waals surface area (Å²) in [7, 11) is 6.08. The van der Waals surface area contributed by atoms with Crippen LogP contribution < -0.4 is 21.7 Å². The van der Waals surface area contributed by atoms with Crippen molar-refractivity contribution in [3.05, 3.63) is 29.8 Å². The minimum absolute atomic E-state index is 0.141. The van der Waals surface area contributed by atoms with Gasteiger partial charge in [0.05, 0.1) is 20.9 Å². The van der Waals surface area contributed by atoms with E-state index in [4.69, 9.17) is 13.6 Å². The zero-order valence-corrected chi connectivity index (χ0v) is 22.4. The Balaban J connectivity index is 1.53. The number of phenolic OH excluding ortho intramolecular Hbond substituents is 1. The molecule has 2 aliphatic heterocycles. The van der Waals surface area contributed by atoms with Crippen molar-refractivity contribution >= 4 is 43.3 Å². The van der Waals surface area contributed by atoms with Gasteiger partial charge in [-0.25, -0.2) is 0 Å². The van der Waals surface area contributed by atoms with E-state index in [1.165, 1.54) is 11.8 Å². The van der Waals surface area contributed by atoms with Crippen LogP contribution in [0.1, 0.15) is 38.2 Å². The van der Waals surface area contributed by atoms with E-state index in [1.807, 2.05) is 0 Å². The van der Waals surface area contributed by atoms with Gasteiger partial charge >= 0.3 is 0 Å². The maximum Gasteiger partial charge on any atom is 0.246 e. The quantitative estimate of drug-likeness (QED) is 0.197. The number of nitrogens with two attached hydrogens (primary N) is 1. The standard InChI is InChI=1S/C26H35BN6O7/c1-15(24(38)29-12-21(28)35)31-22(36)13-30-25(39)20-11-17(27)14-33(20)26(40)19-3-2-10-32(19)23(37)9-6-16-4-7-18(34)8-5-16/h4-5,7-8,15,17,19-20,34H,2-3,6,9-14H2,1H3,(H2,28,35)(H,29,38)(H,30,39)(H,31,36)/t15-,17+,19-,20-/m1/s1. The molecule has 2 heterocycles. The molecule has 214 valence electrons. The highest BCUT2D eigenvalue weighted by Crippen LogP contribution is 2.29. The van der Waals surface area contributed by atoms with Gasteiger partial charge in [-0.3, -0.25) is 28.8 Å². The number of nitrogens with zero attached hydrogens (tertiary/aromatic N) is 2. The molecule has 3 rings (SSSR count). The number of carbonyl (C=O) groups is 6. The third-order valence-corrected chi connectivity index (χ3v) is 6.97. The molecule has 0 spiro atoms. The van der Waals surface area contributed by atoms with Crippen molar-refractivity contribution in [3.8, 4) is 5.75 Å². The van der Waals surface area contributed by atoms with Crippen molar-refractivity contribution in [2.45, 2.75) is 63.0 Å². The number of hydrogen-bond donors (Lipinski definition) is 5. The fraction of sp³-hybridized carbons (Fsp3) is 0.538. The molecule has 2 aliphatic rings. The lowest BCUT2D eigenvalue weighted by molar-refractivity contribution is -0.146. The summed E-state index contributed by atoms with van der Waals surface area (Å²) >= 11 is 0. The average molecular weight is 554 g/mol. The molecule has 0 saturated carbocycles. The number of nitrogens with one attached hydrogen (secondary N) is 3. The Morgan fingerprint density at radius 1 is 1.05 bits per heavy atom. The normalized spacial score (nSPS) is 21.0. The van der Waals surface area contributed by atoms with E-state index in [-0.39, 0.29) is 43.5 Å². The minimum Gasteiger partial charge on any atom is -0.508 e. The molecule has 40 heavy (non-hydrogen) atoms. The molecular formula is C26H35BN6O7. The summed E-state index contributed by atoms with van der Waals surface area (Å²) in [6.07, 6.45) is 1.99. The predicted octanol–water partition coefficient (Wildman–Crippen LogP) is -1.90. The van der Waals surface area contributed by atoms with Crippen molar-refractivity contribution in [1.29, 1.82) is 0 Å². The Bertz CT molecular complexity index is 1130. The van der Waals surface area contributed by atoms with E-state index in [0.29, 0.717) is 25.8 Å². The highest BCUT2D eigenvalue weighted by Gasteiger charge is 2.43. The Morgan fingerprint density at radius 3 is 2.42 bits per heavy atom. The summed E-state index contributed by atoms with van der Waals surface area (Å²) in [6.45, 7) is 1.18. The number of amides is 6. The maximum absolute atomic E-state index is 13.5. The second kappa shape index (κ2) is 13.8. The monoisotopic (exact) mass is 554 g/mol. The molecule has 4 atom stereocenters. The Labute approximate surface area is 233 Å². The first-order valence-electron chi connectivity index (χ1n) is 13.2. The van der Waals surface area contributed by atoms with Gasteiger partial charge in [-0.1, -0.05) is 17.9 Å². The number of hydrogen-bond acceptors (Lipinski definition) is 7. The summed E-state index contributed by atoms with van der Waals surface area (Å²) < 4.78 is 0. The number of carbonyl (C=O) groups excluding carboxylic acids is 6. The lowest BCUT2D eigenvalue weighted by Crippen LogP contribution is -2.54. The van der Waals surface area contributed by atoms with Crippen LogP contribution in [-0.2, 0) is 35.2 Å². The molecule has 13 nitrogen and oxygen atoms in total. The number of aryl methyl sites for hydroxylation is 1. The minimum atomic E-state index is -0.971. The van der Waals surface area contributed by atoms with Crippen LogP contribution >= 0.6 is 0 Å². The summed E-state index contributed by atoms with van der Waals surface area (Å²) in [5, 5.41) is 16.6. The van der Waals surface area contributed by atoms with Crippen molar-refractivity contribution in [2.75, 3.05) is 26.2 Å². The van der Waals surface area contributed by atoms with E-state index in [2.05, 4.69) is 16.0 Å². The number of benzene rings is 1. The number of aromatic hydroxyl groups is 1. The average Bonchev–Trinajstić information content (AvgIpc) is 3.56. The fourth-order valence-electron chi connectivity index (χ4n) is 4.90. The van der Waals surface area contributed by atoms with Gasteiger partial charge in [0.25, 0.3) is 0 Å². The molecule has 6 N–H and O–H groups in total. The van der Waals surface area contributed by atoms with Crippen LogP contribution in [0.5, 0.6) is 5.75 Å². The first-order valence-corrected chi connectivity index (χ1v) is 13.2. The van der Waals surface area contributed by atoms with Crippen molar-refractivity contribution in [2.24, 2.45) is 5.73 Å². The molecule has 2 radical (unpaired) electrons. The number of likely N-dealkylation sites (tertiary alicyclic amines) is 2. The van der Waals surface area contributed by atoms with Crippen LogP contribution in [-0.4, -0.2) is 103 Å². The molecule has 0 aliphatic carbocycles. The Morgan fingerprint density at radius 2 is 1.75 bits per heavy atom. The van der Waals surface area contributed by atoms with Gasteiger partial charge in [-0.15, -0.1) is 0 Å². The van der Waals surface area contributed by atoms with Crippen LogP contribution in [0.4, 0.5) is 0 Å². The van der Waals surface area contributed by atoms with Gasteiger partial charge in [0.1, 0.15) is 23.9 Å². The molecule has 14 heteroatoms. The summed E-state index contributed by atoms with van der Waals surface area (Å²) in [5.41, 5.74) is 5.86. The molecule has 2 fully saturated rings. The molecule has 1 aromatic rings. The van der Waals surface area contributed by atoms with Crippen LogP contribution in [0.3, 0.4) is 0 Å². The van der Waals surface area contributed by atoms with Crippen LogP contribution in [0.15, 0.2) is 24.3 Å². The van der Waals surface area contributed by atoms with Crippen molar-refractivity contribution in [1.82, 2.24) is 25.8 Å². The number of rotatable bonds is 11. The van der Waals surface area contributed by atoms with Gasteiger partial charge in [0, 0.05) is 19.5 Å². The van der Waals surface area contributed by atoms with Crippen LogP contribution in [0.2, 0.25) is 5.82 Å². The zero-order chi connectivity index (χ0) is 29.4. The Hall–Kier alpha value is -4.10. The van der Waals surface area contributed by atoms with Gasteiger partial charge in [0.2, 0.25) is 35.4 Å². The molecule has 0 unspecified atom stereocenters. The lowest BCUT2D eigenvalue weighted by Gasteiger charge is -2.31. The number of phenols is 1. The molecule has 2 saturated heterocycles. The topological polar surface area (TPSA) is 191 Å². The largest absolute Gasteiger partial charge is 0.508 e. The van der Waals surface area contributed by atoms with Gasteiger partial charge in [0.15, 0.2) is 0 Å². The van der Waals surface area contributed by atoms with Gasteiger partial charge in [-0.05, 0) is 50.3 Å². The summed E-state index contributed by atoms with van der Waals surface area (Å²) in [4.78, 5) is 77.3. The second-order valence-corrected chi connectivity index (χ2v) is 10.1. The van der Waals surface area contributed by atoms with Gasteiger partial charge < -0.3 is 36.6 Å². The van der Waals surface area contributed by atoms with Gasteiger partial charge in [-0.2, -0.15) is 0 Å². The van der Waals surface area contributed by atoms with E-state index in [9.17, 15) is 33.9 Å². The van der Waals surface area contributed by atoms with E-state index < -0.39 is 54.1 Å². The Kier molecular flexibility index (Phi) is 10.5. The molecular weight excluding hydrogens is 519 g/mol. The second-order valence-electron chi connectivity index (χ2n) is 10.1. The first-order chi connectivity index (χ1) is 19.0. The van der Waals surface area contributed by atoms with Crippen molar-refractivity contribution < 1.29 is 33.9 Å². The molecule has 0 bridgehead atoms. The van der Waals surface area contributed by atoms with Crippen LogP contribution in [0, 0.1) is 0 Å². The smallest absolute Gasteiger partial charge is 0.246 e. The highest BCUT2D eigenvalue weighted by atomic mass is 16.3. The highest BCUT2D eigenvalue weighted by molar-refractivity contribution is 6.13. The maximum atomic E-state index is 13.5. The molecule has 0 aromatic heterocycles. The molecule has 6 amide bonds. The summed E-state index contributed by atoms with van der Waals surface area (Å²) in [6, 6.07) is 4.02. The van der Waals surface area contributed by atoms with Crippen molar-refractivity contribution in [3.63, 3.8) is 0 Å². The zero-order valence-electron chi connectivity index (χ0n) is 22.4. The summed E-state index contributed by atoms with van der Waals surface area (Å²) in [5.74, 6) is -3.37. The lowest BCUT2D eigenvalue weighted by atomic mass is 9.85. The van der Waals surface area contributed by atoms with Crippen LogP contribution in [0.25, 0.3) is 0 Å². The first kappa shape index (κ1) is 30.4. The fourth-order valence-corrected chi connectivity index (χ4v) is 4.90. The van der Waals surface area contributed by atoms with E-state index in [0.717, 1.165) is 5.56 Å². The predicted molar refractivity (Wildman–Crippen MR) is 144 cm³/mol. The molecule has 1 aromatic carbocycles. The third-order valence-electron chi connectivity index (χ3n) is 6.97. The third kappa shape index (κ3) is 8.20. The number of primary amides is 1. The van der Waals surface area contributed by atoms with E-state index in [1.54, 1.807) is 29.2 Å². The van der Waals surface area contributed by atoms with E-state index >= 15 is 0 Å². The SMILES string of the molecule is [B][C@H]1C[C@H](C(=O)NCC(=O)N[C@H](C)C(=O)NCC(N)=O)N(C(=O)[C@H]2CCCN2C(=O)CCc2ccc(O)cc2)C1.